The van der Waals surface area contributed by atoms with Gasteiger partial charge in [0, 0.05) is 25.8 Å². The Balaban J connectivity index is 1.80. The van der Waals surface area contributed by atoms with E-state index in [2.05, 4.69) is 6.08 Å². The van der Waals surface area contributed by atoms with Crippen LogP contribution >= 0.6 is 0 Å². The van der Waals surface area contributed by atoms with Gasteiger partial charge < -0.3 is 15.1 Å². The van der Waals surface area contributed by atoms with Crippen molar-refractivity contribution in [3.63, 3.8) is 0 Å². The van der Waals surface area contributed by atoms with Gasteiger partial charge in [-0.05, 0) is 32.1 Å². The van der Waals surface area contributed by atoms with Crippen LogP contribution in [0.15, 0.2) is 24.3 Å². The predicted octanol–water partition coefficient (Wildman–Crippen LogP) is 6.32. The minimum Gasteiger partial charge on any atom is -0.396 e. The molecule has 4 heteroatoms. The number of hydrogen-bond acceptors (Lipinski definition) is 3. The minimum absolute atomic E-state index is 0.0117. The molecule has 0 saturated carbocycles. The number of piperidine rings is 1. The number of unbranched alkanes of at least 4 members (excludes halogenated alkanes) is 15. The number of carbonyl (C=O) groups is 1. The summed E-state index contributed by atoms with van der Waals surface area (Å²) in [6, 6.07) is 0. The molecule has 1 atom stereocenters. The second-order valence-corrected chi connectivity index (χ2v) is 9.18. The number of hydrogen-bond donors (Lipinski definition) is 2. The molecule has 180 valence electrons. The first-order valence-electron chi connectivity index (χ1n) is 13.1. The van der Waals surface area contributed by atoms with E-state index in [1.165, 1.54) is 89.9 Å². The Morgan fingerprint density at radius 2 is 1.29 bits per heavy atom. The zero-order valence-corrected chi connectivity index (χ0v) is 20.0. The van der Waals surface area contributed by atoms with Crippen LogP contribution in [0.25, 0.3) is 0 Å². The van der Waals surface area contributed by atoms with Crippen LogP contribution in [-0.4, -0.2) is 46.8 Å². The summed E-state index contributed by atoms with van der Waals surface area (Å²) in [5.74, 6) is 0.0117. The molecule has 0 aromatic rings. The van der Waals surface area contributed by atoms with Crippen molar-refractivity contribution in [3.8, 4) is 0 Å². The molecule has 1 saturated heterocycles. The number of aliphatic hydroxyl groups is 2. The fraction of sp³-hybridized carbons (Fsp3) is 0.815. The second kappa shape index (κ2) is 20.8. The van der Waals surface area contributed by atoms with E-state index in [4.69, 9.17) is 5.11 Å². The highest BCUT2D eigenvalue weighted by molar-refractivity contribution is 5.87. The average molecular weight is 436 g/mol. The summed E-state index contributed by atoms with van der Waals surface area (Å²) in [7, 11) is 0. The molecule has 0 spiro atoms. The molecular formula is C27H49NO3. The van der Waals surface area contributed by atoms with Gasteiger partial charge in [0.2, 0.25) is 5.91 Å². The van der Waals surface area contributed by atoms with Gasteiger partial charge in [-0.2, -0.15) is 0 Å². The summed E-state index contributed by atoms with van der Waals surface area (Å²) in [5, 5.41) is 18.4. The third-order valence-corrected chi connectivity index (χ3v) is 6.22. The van der Waals surface area contributed by atoms with E-state index in [9.17, 15) is 9.90 Å². The van der Waals surface area contributed by atoms with Crippen molar-refractivity contribution >= 4 is 5.91 Å². The molecule has 2 N–H and O–H groups in total. The van der Waals surface area contributed by atoms with Crippen LogP contribution in [0.3, 0.4) is 0 Å². The average Bonchev–Trinajstić information content (AvgIpc) is 2.77. The van der Waals surface area contributed by atoms with Crippen molar-refractivity contribution < 1.29 is 15.0 Å². The normalized spacial score (nSPS) is 17.2. The summed E-state index contributed by atoms with van der Waals surface area (Å²) in [5.41, 5.74) is 0. The Hall–Kier alpha value is -1.13. The first-order chi connectivity index (χ1) is 15.2. The van der Waals surface area contributed by atoms with Gasteiger partial charge in [0.1, 0.15) is 0 Å². The lowest BCUT2D eigenvalue weighted by Crippen LogP contribution is -2.41. The van der Waals surface area contributed by atoms with Crippen molar-refractivity contribution in [1.82, 2.24) is 4.90 Å². The van der Waals surface area contributed by atoms with E-state index < -0.39 is 0 Å². The first-order valence-corrected chi connectivity index (χ1v) is 13.1. The highest BCUT2D eigenvalue weighted by atomic mass is 16.3. The molecule has 4 nitrogen and oxygen atoms in total. The van der Waals surface area contributed by atoms with Crippen molar-refractivity contribution in [2.75, 3.05) is 19.7 Å². The predicted molar refractivity (Wildman–Crippen MR) is 131 cm³/mol. The molecule has 1 rings (SSSR count). The number of amides is 1. The molecular weight excluding hydrogens is 386 g/mol. The lowest BCUT2D eigenvalue weighted by atomic mass is 10.0. The SMILES string of the molecule is O=C(C=CC=CCCCCCCCCCCCCCCCCCO)N1CCCC(O)C1. The lowest BCUT2D eigenvalue weighted by Gasteiger charge is -2.29. The monoisotopic (exact) mass is 435 g/mol. The highest BCUT2D eigenvalue weighted by Crippen LogP contribution is 2.14. The third-order valence-electron chi connectivity index (χ3n) is 6.22. The number of likely N-dealkylation sites (tertiary alicyclic amines) is 1. The van der Waals surface area contributed by atoms with E-state index in [1.54, 1.807) is 11.0 Å². The maximum atomic E-state index is 12.0. The molecule has 0 aliphatic carbocycles. The zero-order chi connectivity index (χ0) is 22.4. The summed E-state index contributed by atoms with van der Waals surface area (Å²) in [6.07, 6.45) is 29.8. The van der Waals surface area contributed by atoms with Crippen LogP contribution in [0.2, 0.25) is 0 Å². The Morgan fingerprint density at radius 1 is 0.774 bits per heavy atom. The van der Waals surface area contributed by atoms with Gasteiger partial charge >= 0.3 is 0 Å². The molecule has 1 unspecified atom stereocenters. The van der Waals surface area contributed by atoms with Crippen molar-refractivity contribution in [1.29, 1.82) is 0 Å². The molecule has 31 heavy (non-hydrogen) atoms. The van der Waals surface area contributed by atoms with Crippen LogP contribution in [0.4, 0.5) is 0 Å². The van der Waals surface area contributed by atoms with E-state index >= 15 is 0 Å². The zero-order valence-electron chi connectivity index (χ0n) is 20.0. The van der Waals surface area contributed by atoms with Crippen molar-refractivity contribution in [2.24, 2.45) is 0 Å². The smallest absolute Gasteiger partial charge is 0.246 e. The van der Waals surface area contributed by atoms with Gasteiger partial charge in [0.05, 0.1) is 6.10 Å². The molecule has 0 aromatic heterocycles. The fourth-order valence-corrected chi connectivity index (χ4v) is 4.25. The van der Waals surface area contributed by atoms with E-state index in [-0.39, 0.29) is 12.0 Å². The molecule has 0 aromatic carbocycles. The number of aliphatic hydroxyl groups excluding tert-OH is 2. The highest BCUT2D eigenvalue weighted by Gasteiger charge is 2.19. The Morgan fingerprint density at radius 3 is 1.81 bits per heavy atom. The fourth-order valence-electron chi connectivity index (χ4n) is 4.25. The van der Waals surface area contributed by atoms with Gasteiger partial charge in [-0.1, -0.05) is 102 Å². The molecule has 1 heterocycles. The van der Waals surface area contributed by atoms with Crippen molar-refractivity contribution in [2.45, 2.75) is 122 Å². The van der Waals surface area contributed by atoms with E-state index in [0.717, 1.165) is 32.2 Å². The van der Waals surface area contributed by atoms with Gasteiger partial charge in [0.25, 0.3) is 0 Å². The molecule has 1 aliphatic rings. The third kappa shape index (κ3) is 17.1. The van der Waals surface area contributed by atoms with Crippen LogP contribution in [-0.2, 0) is 4.79 Å². The van der Waals surface area contributed by atoms with Crippen LogP contribution < -0.4 is 0 Å². The number of nitrogens with zero attached hydrogens (tertiary/aromatic N) is 1. The summed E-state index contributed by atoms with van der Waals surface area (Å²) >= 11 is 0. The molecule has 0 bridgehead atoms. The van der Waals surface area contributed by atoms with E-state index in [0.29, 0.717) is 13.2 Å². The molecule has 1 amide bonds. The Kier molecular flexibility index (Phi) is 18.7. The van der Waals surface area contributed by atoms with E-state index in [1.807, 2.05) is 12.2 Å². The Bertz CT molecular complexity index is 475. The molecule has 0 radical (unpaired) electrons. The number of allylic oxidation sites excluding steroid dienone is 3. The van der Waals surface area contributed by atoms with Crippen LogP contribution in [0, 0.1) is 0 Å². The van der Waals surface area contributed by atoms with Crippen molar-refractivity contribution in [3.05, 3.63) is 24.3 Å². The quantitative estimate of drug-likeness (QED) is 0.142. The number of β-amino-alcohol motifs (C(OH)–C–C–N with tert-alkyl or cyclic N) is 1. The molecule has 1 fully saturated rings. The van der Waals surface area contributed by atoms with Gasteiger partial charge in [-0.15, -0.1) is 0 Å². The van der Waals surface area contributed by atoms with Crippen LogP contribution in [0.5, 0.6) is 0 Å². The summed E-state index contributed by atoms with van der Waals surface area (Å²) in [6.45, 7) is 1.58. The van der Waals surface area contributed by atoms with Crippen LogP contribution in [0.1, 0.15) is 116 Å². The standard InChI is InChI=1S/C27H49NO3/c29-24-19-17-15-13-11-9-7-5-3-1-2-4-6-8-10-12-14-16-18-22-27(31)28-23-20-21-26(30)25-28/h14,16,18,22,26,29-30H,1-13,15,17,19-21,23-25H2. The lowest BCUT2D eigenvalue weighted by molar-refractivity contribution is -0.128. The number of rotatable bonds is 19. The van der Waals surface area contributed by atoms with Gasteiger partial charge in [0.15, 0.2) is 0 Å². The summed E-state index contributed by atoms with van der Waals surface area (Å²) < 4.78 is 0. The van der Waals surface area contributed by atoms with Gasteiger partial charge in [-0.25, -0.2) is 0 Å². The largest absolute Gasteiger partial charge is 0.396 e. The van der Waals surface area contributed by atoms with Gasteiger partial charge in [-0.3, -0.25) is 4.79 Å². The summed E-state index contributed by atoms with van der Waals surface area (Å²) in [4.78, 5) is 13.8. The second-order valence-electron chi connectivity index (χ2n) is 9.18. The Labute approximate surface area is 191 Å². The molecule has 1 aliphatic heterocycles. The number of carbonyl (C=O) groups excluding carboxylic acids is 1. The maximum Gasteiger partial charge on any atom is 0.246 e. The topological polar surface area (TPSA) is 60.8 Å². The maximum absolute atomic E-state index is 12.0. The minimum atomic E-state index is -0.356. The first kappa shape index (κ1) is 27.9.